The van der Waals surface area contributed by atoms with Gasteiger partial charge in [-0.15, -0.1) is 0 Å². The largest absolute Gasteiger partial charge is 0.493 e. The van der Waals surface area contributed by atoms with Gasteiger partial charge in [-0.1, -0.05) is 19.3 Å². The predicted molar refractivity (Wildman–Crippen MR) is 94.6 cm³/mol. The van der Waals surface area contributed by atoms with Crippen LogP contribution < -0.4 is 10.5 Å². The van der Waals surface area contributed by atoms with Gasteiger partial charge in [-0.25, -0.2) is 8.42 Å². The summed E-state index contributed by atoms with van der Waals surface area (Å²) in [6, 6.07) is 5.71. The maximum absolute atomic E-state index is 12.7. The van der Waals surface area contributed by atoms with Gasteiger partial charge in [-0.2, -0.15) is 4.31 Å². The van der Waals surface area contributed by atoms with E-state index < -0.39 is 22.0 Å². The third-order valence-electron chi connectivity index (χ3n) is 5.17. The molecule has 1 aromatic rings. The first-order valence-electron chi connectivity index (χ1n) is 9.02. The highest BCUT2D eigenvalue weighted by Gasteiger charge is 2.38. The SMILES string of the molecule is NC(=O)C1CCCN1S(=O)(=O)c1ccc(OCC2CCCCC2)cc1. The highest BCUT2D eigenvalue weighted by Crippen LogP contribution is 2.28. The van der Waals surface area contributed by atoms with Gasteiger partial charge in [0.1, 0.15) is 11.8 Å². The minimum atomic E-state index is -3.71. The van der Waals surface area contributed by atoms with Crippen molar-refractivity contribution in [2.45, 2.75) is 55.9 Å². The van der Waals surface area contributed by atoms with Crippen molar-refractivity contribution in [1.29, 1.82) is 0 Å². The molecule has 0 radical (unpaired) electrons. The lowest BCUT2D eigenvalue weighted by molar-refractivity contribution is -0.121. The molecule has 1 saturated carbocycles. The minimum absolute atomic E-state index is 0.172. The van der Waals surface area contributed by atoms with Crippen molar-refractivity contribution in [3.8, 4) is 5.75 Å². The molecule has 1 heterocycles. The van der Waals surface area contributed by atoms with E-state index in [1.54, 1.807) is 24.3 Å². The average Bonchev–Trinajstić information content (AvgIpc) is 3.12. The van der Waals surface area contributed by atoms with Crippen molar-refractivity contribution in [1.82, 2.24) is 4.31 Å². The van der Waals surface area contributed by atoms with Gasteiger partial charge >= 0.3 is 0 Å². The van der Waals surface area contributed by atoms with Gasteiger partial charge in [-0.05, 0) is 55.9 Å². The molecule has 1 unspecified atom stereocenters. The van der Waals surface area contributed by atoms with Crippen LogP contribution in [-0.4, -0.2) is 37.8 Å². The number of hydrogen-bond donors (Lipinski definition) is 1. The van der Waals surface area contributed by atoms with Crippen molar-refractivity contribution >= 4 is 15.9 Å². The quantitative estimate of drug-likeness (QED) is 0.836. The van der Waals surface area contributed by atoms with Gasteiger partial charge in [0.15, 0.2) is 0 Å². The Bertz CT molecular complexity index is 696. The maximum atomic E-state index is 12.7. The van der Waals surface area contributed by atoms with Crippen LogP contribution >= 0.6 is 0 Å². The van der Waals surface area contributed by atoms with E-state index in [9.17, 15) is 13.2 Å². The number of nitrogens with zero attached hydrogens (tertiary/aromatic N) is 1. The predicted octanol–water partition coefficient (Wildman–Crippen LogP) is 2.28. The summed E-state index contributed by atoms with van der Waals surface area (Å²) in [6.07, 6.45) is 7.38. The van der Waals surface area contributed by atoms with Crippen LogP contribution in [0.5, 0.6) is 5.75 Å². The molecule has 1 aliphatic heterocycles. The second-order valence-corrected chi connectivity index (χ2v) is 8.85. The Balaban J connectivity index is 1.65. The zero-order valence-electron chi connectivity index (χ0n) is 14.4. The number of benzene rings is 1. The fraction of sp³-hybridized carbons (Fsp3) is 0.611. The smallest absolute Gasteiger partial charge is 0.243 e. The number of rotatable bonds is 6. The lowest BCUT2D eigenvalue weighted by Crippen LogP contribution is -2.43. The van der Waals surface area contributed by atoms with E-state index in [0.29, 0.717) is 37.7 Å². The number of ether oxygens (including phenoxy) is 1. The third-order valence-corrected chi connectivity index (χ3v) is 7.10. The summed E-state index contributed by atoms with van der Waals surface area (Å²) < 4.78 is 32.5. The molecule has 2 N–H and O–H groups in total. The summed E-state index contributed by atoms with van der Waals surface area (Å²) in [5, 5.41) is 0. The standard InChI is InChI=1S/C18H26N2O4S/c19-18(21)17-7-4-12-20(17)25(22,23)16-10-8-15(9-11-16)24-13-14-5-2-1-3-6-14/h8-11,14,17H,1-7,12-13H2,(H2,19,21). The molecule has 1 aromatic carbocycles. The summed E-state index contributed by atoms with van der Waals surface area (Å²) in [4.78, 5) is 11.6. The van der Waals surface area contributed by atoms with E-state index in [-0.39, 0.29) is 4.90 Å². The Morgan fingerprint density at radius 2 is 1.76 bits per heavy atom. The molecule has 0 bridgehead atoms. The van der Waals surface area contributed by atoms with E-state index in [1.165, 1.54) is 36.4 Å². The number of hydrogen-bond acceptors (Lipinski definition) is 4. The molecule has 2 aliphatic rings. The molecule has 0 aromatic heterocycles. The molecule has 1 aliphatic carbocycles. The van der Waals surface area contributed by atoms with Crippen LogP contribution in [0.25, 0.3) is 0 Å². The summed E-state index contributed by atoms with van der Waals surface area (Å²) >= 11 is 0. The topological polar surface area (TPSA) is 89.7 Å². The zero-order valence-corrected chi connectivity index (χ0v) is 15.2. The second-order valence-electron chi connectivity index (χ2n) is 6.96. The minimum Gasteiger partial charge on any atom is -0.493 e. The Kier molecular flexibility index (Phi) is 5.64. The van der Waals surface area contributed by atoms with Crippen LogP contribution in [0.3, 0.4) is 0 Å². The molecule has 1 amide bonds. The normalized spacial score (nSPS) is 22.8. The summed E-state index contributed by atoms with van der Waals surface area (Å²) in [5.41, 5.74) is 5.33. The molecule has 138 valence electrons. The number of nitrogens with two attached hydrogens (primary N) is 1. The molecule has 1 atom stereocenters. The monoisotopic (exact) mass is 366 g/mol. The fourth-order valence-electron chi connectivity index (χ4n) is 3.72. The van der Waals surface area contributed by atoms with Gasteiger partial charge in [0.05, 0.1) is 11.5 Å². The summed E-state index contributed by atoms with van der Waals surface area (Å²) in [7, 11) is -3.71. The number of carbonyl (C=O) groups excluding carboxylic acids is 1. The van der Waals surface area contributed by atoms with Crippen molar-refractivity contribution in [3.63, 3.8) is 0 Å². The first-order valence-corrected chi connectivity index (χ1v) is 10.5. The van der Waals surface area contributed by atoms with E-state index in [2.05, 4.69) is 0 Å². The van der Waals surface area contributed by atoms with Gasteiger partial charge in [0.2, 0.25) is 15.9 Å². The van der Waals surface area contributed by atoms with Gasteiger partial charge in [-0.3, -0.25) is 4.79 Å². The summed E-state index contributed by atoms with van der Waals surface area (Å²) in [5.74, 6) is 0.684. The molecular weight excluding hydrogens is 340 g/mol. The molecule has 25 heavy (non-hydrogen) atoms. The molecule has 1 saturated heterocycles. The van der Waals surface area contributed by atoms with Gasteiger partial charge in [0.25, 0.3) is 0 Å². The number of sulfonamides is 1. The van der Waals surface area contributed by atoms with E-state index >= 15 is 0 Å². The fourth-order valence-corrected chi connectivity index (χ4v) is 5.39. The maximum Gasteiger partial charge on any atom is 0.243 e. The average molecular weight is 366 g/mol. The number of amides is 1. The molecular formula is C18H26N2O4S. The molecule has 7 heteroatoms. The number of carbonyl (C=O) groups is 1. The third kappa shape index (κ3) is 4.15. The lowest BCUT2D eigenvalue weighted by atomic mass is 9.90. The van der Waals surface area contributed by atoms with Crippen molar-refractivity contribution in [3.05, 3.63) is 24.3 Å². The van der Waals surface area contributed by atoms with Crippen LogP contribution in [-0.2, 0) is 14.8 Å². The number of primary amides is 1. The molecule has 6 nitrogen and oxygen atoms in total. The lowest BCUT2D eigenvalue weighted by Gasteiger charge is -2.22. The van der Waals surface area contributed by atoms with Crippen LogP contribution in [0.15, 0.2) is 29.2 Å². The first kappa shape index (κ1) is 18.2. The highest BCUT2D eigenvalue weighted by molar-refractivity contribution is 7.89. The van der Waals surface area contributed by atoms with Crippen LogP contribution in [0.1, 0.15) is 44.9 Å². The molecule has 2 fully saturated rings. The van der Waals surface area contributed by atoms with E-state index in [0.717, 1.165) is 0 Å². The van der Waals surface area contributed by atoms with Crippen LogP contribution in [0.2, 0.25) is 0 Å². The van der Waals surface area contributed by atoms with Gasteiger partial charge in [0, 0.05) is 6.54 Å². The molecule has 0 spiro atoms. The highest BCUT2D eigenvalue weighted by atomic mass is 32.2. The van der Waals surface area contributed by atoms with Crippen molar-refractivity contribution in [2.24, 2.45) is 11.7 Å². The van der Waals surface area contributed by atoms with Crippen molar-refractivity contribution < 1.29 is 17.9 Å². The molecule has 3 rings (SSSR count). The van der Waals surface area contributed by atoms with E-state index in [1.807, 2.05) is 0 Å². The van der Waals surface area contributed by atoms with Crippen molar-refractivity contribution in [2.75, 3.05) is 13.2 Å². The summed E-state index contributed by atoms with van der Waals surface area (Å²) in [6.45, 7) is 1.01. The Hall–Kier alpha value is -1.60. The van der Waals surface area contributed by atoms with Crippen LogP contribution in [0, 0.1) is 5.92 Å². The van der Waals surface area contributed by atoms with Crippen LogP contribution in [0.4, 0.5) is 0 Å². The zero-order chi connectivity index (χ0) is 17.9. The Morgan fingerprint density at radius 3 is 2.40 bits per heavy atom. The van der Waals surface area contributed by atoms with Gasteiger partial charge < -0.3 is 10.5 Å². The van der Waals surface area contributed by atoms with E-state index in [4.69, 9.17) is 10.5 Å². The Morgan fingerprint density at radius 1 is 1.08 bits per heavy atom. The first-order chi connectivity index (χ1) is 12.0. The second kappa shape index (κ2) is 7.74. The Labute approximate surface area is 149 Å².